The van der Waals surface area contributed by atoms with Crippen LogP contribution in [0.2, 0.25) is 0 Å². The van der Waals surface area contributed by atoms with E-state index in [4.69, 9.17) is 23.7 Å². The van der Waals surface area contributed by atoms with Gasteiger partial charge in [-0.3, -0.25) is 19.7 Å². The van der Waals surface area contributed by atoms with Crippen LogP contribution in [0.15, 0.2) is 84.9 Å². The zero-order valence-electron chi connectivity index (χ0n) is 30.5. The molecule has 0 aromatic heterocycles. The molecule has 5 rings (SSSR count). The Bertz CT molecular complexity index is 1740. The van der Waals surface area contributed by atoms with Crippen molar-refractivity contribution in [2.24, 2.45) is 11.8 Å². The van der Waals surface area contributed by atoms with Crippen LogP contribution in [-0.2, 0) is 46.5 Å². The maximum Gasteiger partial charge on any atom is 0.407 e. The Morgan fingerprint density at radius 2 is 1.15 bits per heavy atom. The number of hydrogen-bond donors (Lipinski definition) is 3. The van der Waals surface area contributed by atoms with Crippen molar-refractivity contribution >= 4 is 35.8 Å². The Balaban J connectivity index is 0.000000265. The van der Waals surface area contributed by atoms with Crippen molar-refractivity contribution in [1.82, 2.24) is 10.6 Å². The number of amides is 2. The number of rotatable bonds is 11. The number of nitro groups is 1. The zero-order chi connectivity index (χ0) is 39.7. The first kappa shape index (κ1) is 41.7. The number of aliphatic hydroxyl groups excluding tert-OH is 1. The molecule has 0 unspecified atom stereocenters. The van der Waals surface area contributed by atoms with Gasteiger partial charge in [0.05, 0.1) is 42.6 Å². The third-order valence-corrected chi connectivity index (χ3v) is 9.07. The summed E-state index contributed by atoms with van der Waals surface area (Å²) in [5.41, 5.74) is 1.73. The molecule has 3 aromatic carbocycles. The lowest BCUT2D eigenvalue weighted by Crippen LogP contribution is -2.45. The fourth-order valence-electron chi connectivity index (χ4n) is 6.41. The Kier molecular flexibility index (Phi) is 15.9. The van der Waals surface area contributed by atoms with Gasteiger partial charge in [-0.15, -0.1) is 0 Å². The van der Waals surface area contributed by atoms with E-state index in [1.165, 1.54) is 38.5 Å². The van der Waals surface area contributed by atoms with E-state index in [9.17, 15) is 39.2 Å². The predicted octanol–water partition coefficient (Wildman–Crippen LogP) is 5.00. The van der Waals surface area contributed by atoms with Gasteiger partial charge in [-0.05, 0) is 55.4 Å². The molecule has 3 aromatic rings. The first-order chi connectivity index (χ1) is 26.4. The number of methoxy groups -OCH3 is 2. The summed E-state index contributed by atoms with van der Waals surface area (Å²) >= 11 is 0. The molecule has 2 fully saturated rings. The number of non-ortho nitro benzene ring substituents is 1. The Labute approximate surface area is 317 Å². The monoisotopic (exact) mass is 763 g/mol. The average Bonchev–Trinajstić information content (AvgIpc) is 3.19. The van der Waals surface area contributed by atoms with E-state index >= 15 is 0 Å². The molecule has 294 valence electrons. The number of carbonyl (C=O) groups is 5. The fraction of sp³-hybridized carbons (Fsp3) is 0.410. The average molecular weight is 764 g/mol. The summed E-state index contributed by atoms with van der Waals surface area (Å²) in [4.78, 5) is 70.5. The Morgan fingerprint density at radius 3 is 1.62 bits per heavy atom. The lowest BCUT2D eigenvalue weighted by Gasteiger charge is -2.33. The molecule has 2 amide bonds. The second-order valence-corrected chi connectivity index (χ2v) is 13.1. The van der Waals surface area contributed by atoms with Gasteiger partial charge in [0, 0.05) is 30.6 Å². The van der Waals surface area contributed by atoms with E-state index < -0.39 is 59.1 Å². The first-order valence-corrected chi connectivity index (χ1v) is 17.7. The number of nitro benzene ring substituents is 1. The Hall–Kier alpha value is -6.03. The van der Waals surface area contributed by atoms with Crippen molar-refractivity contribution in [2.75, 3.05) is 14.2 Å². The van der Waals surface area contributed by atoms with Gasteiger partial charge >= 0.3 is 30.1 Å². The summed E-state index contributed by atoms with van der Waals surface area (Å²) in [6, 6.07) is 22.8. The van der Waals surface area contributed by atoms with E-state index in [1.54, 1.807) is 0 Å². The van der Waals surface area contributed by atoms with E-state index in [2.05, 4.69) is 10.6 Å². The summed E-state index contributed by atoms with van der Waals surface area (Å²) in [5, 5.41) is 26.0. The van der Waals surface area contributed by atoms with Crippen LogP contribution in [0.4, 0.5) is 15.3 Å². The number of nitrogens with zero attached hydrogens (tertiary/aromatic N) is 1. The zero-order valence-corrected chi connectivity index (χ0v) is 30.5. The van der Waals surface area contributed by atoms with Gasteiger partial charge in [-0.25, -0.2) is 14.4 Å². The Morgan fingerprint density at radius 1 is 0.673 bits per heavy atom. The second kappa shape index (κ2) is 21.0. The third-order valence-electron chi connectivity index (χ3n) is 9.07. The SMILES string of the molecule is COC(=O)[C@@H]1C[C@H](NC(=O)OCc2ccccc2)C[C@@H](OC(=O)c2ccc([N+](=O)[O-])cc2)C1.COC(=O)[C@H]1C[C@H](O)C[C@@H](NC(=O)OCc2ccccc2)C1. The van der Waals surface area contributed by atoms with E-state index in [1.807, 2.05) is 60.7 Å². The summed E-state index contributed by atoms with van der Waals surface area (Å²) in [7, 11) is 2.59. The molecule has 3 N–H and O–H groups in total. The topological polar surface area (TPSA) is 219 Å². The molecule has 2 saturated carbocycles. The van der Waals surface area contributed by atoms with E-state index in [-0.39, 0.29) is 49.3 Å². The van der Waals surface area contributed by atoms with Crippen LogP contribution < -0.4 is 10.6 Å². The smallest absolute Gasteiger partial charge is 0.407 e. The number of hydrogen-bond acceptors (Lipinski definition) is 13. The molecule has 2 aliphatic carbocycles. The molecule has 16 nitrogen and oxygen atoms in total. The van der Waals surface area contributed by atoms with Crippen LogP contribution in [-0.4, -0.2) is 78.6 Å². The van der Waals surface area contributed by atoms with Gasteiger partial charge in [0.25, 0.3) is 5.69 Å². The molecular weight excluding hydrogens is 718 g/mol. The standard InChI is InChI=1S/C23H24N2O8.C16H21NO5/c1-31-21(26)17-11-18(24-23(28)32-14-15-5-3-2-4-6-15)13-20(12-17)33-22(27)16-7-9-19(10-8-16)25(29)30;1-21-15(19)12-7-13(9-14(18)8-12)17-16(20)22-10-11-5-3-2-4-6-11/h2-10,17-18,20H,11-14H2,1H3,(H,24,28);2-6,12-14,18H,7-10H2,1H3,(H,17,20)/t17-,18+,20+;12-,13+,14+/m11/s1. The molecular formula is C39H45N3O13. The molecule has 6 atom stereocenters. The molecule has 0 spiro atoms. The highest BCUT2D eigenvalue weighted by Gasteiger charge is 2.37. The highest BCUT2D eigenvalue weighted by atomic mass is 16.6. The van der Waals surface area contributed by atoms with Gasteiger partial charge in [0.1, 0.15) is 19.3 Å². The maximum atomic E-state index is 12.5. The summed E-state index contributed by atoms with van der Waals surface area (Å²) in [6.07, 6.45) is -0.417. The van der Waals surface area contributed by atoms with Gasteiger partial charge in [0.2, 0.25) is 0 Å². The van der Waals surface area contributed by atoms with Crippen molar-refractivity contribution < 1.29 is 57.7 Å². The molecule has 55 heavy (non-hydrogen) atoms. The number of benzene rings is 3. The first-order valence-electron chi connectivity index (χ1n) is 17.7. The number of alkyl carbamates (subject to hydrolysis) is 2. The highest BCUT2D eigenvalue weighted by molar-refractivity contribution is 5.89. The third kappa shape index (κ3) is 13.7. The molecule has 0 radical (unpaired) electrons. The molecule has 0 aliphatic heterocycles. The van der Waals surface area contributed by atoms with Gasteiger partial charge in [0.15, 0.2) is 0 Å². The summed E-state index contributed by atoms with van der Waals surface area (Å²) in [6.45, 7) is 0.279. The minimum absolute atomic E-state index is 0.0956. The van der Waals surface area contributed by atoms with Gasteiger partial charge in [-0.2, -0.15) is 0 Å². The number of aliphatic hydroxyl groups is 1. The van der Waals surface area contributed by atoms with Gasteiger partial charge < -0.3 is 39.4 Å². The fourth-order valence-corrected chi connectivity index (χ4v) is 6.41. The van der Waals surface area contributed by atoms with Crippen LogP contribution in [0.3, 0.4) is 0 Å². The van der Waals surface area contributed by atoms with Crippen molar-refractivity contribution in [3.8, 4) is 0 Å². The number of carbonyl (C=O) groups excluding carboxylic acids is 5. The predicted molar refractivity (Wildman–Crippen MR) is 194 cm³/mol. The number of ether oxygens (including phenoxy) is 5. The largest absolute Gasteiger partial charge is 0.469 e. The number of esters is 3. The number of nitrogens with one attached hydrogen (secondary N) is 2. The minimum Gasteiger partial charge on any atom is -0.469 e. The van der Waals surface area contributed by atoms with Crippen molar-refractivity contribution in [1.29, 1.82) is 0 Å². The van der Waals surface area contributed by atoms with Crippen LogP contribution in [0, 0.1) is 22.0 Å². The summed E-state index contributed by atoms with van der Waals surface area (Å²) < 4.78 is 25.5. The summed E-state index contributed by atoms with van der Waals surface area (Å²) in [5.74, 6) is -2.46. The molecule has 2 aliphatic rings. The van der Waals surface area contributed by atoms with Crippen molar-refractivity contribution in [3.63, 3.8) is 0 Å². The van der Waals surface area contributed by atoms with Crippen molar-refractivity contribution in [3.05, 3.63) is 112 Å². The minimum atomic E-state index is -0.675. The molecule has 16 heteroatoms. The van der Waals surface area contributed by atoms with E-state index in [0.29, 0.717) is 25.7 Å². The molecule has 0 heterocycles. The lowest BCUT2D eigenvalue weighted by atomic mass is 9.83. The highest BCUT2D eigenvalue weighted by Crippen LogP contribution is 2.29. The van der Waals surface area contributed by atoms with Crippen LogP contribution >= 0.6 is 0 Å². The van der Waals surface area contributed by atoms with Crippen molar-refractivity contribution in [2.45, 2.75) is 76.0 Å². The quantitative estimate of drug-likeness (QED) is 0.101. The van der Waals surface area contributed by atoms with Crippen LogP contribution in [0.25, 0.3) is 0 Å². The van der Waals surface area contributed by atoms with Crippen LogP contribution in [0.1, 0.15) is 60.0 Å². The maximum absolute atomic E-state index is 12.5. The van der Waals surface area contributed by atoms with Crippen LogP contribution in [0.5, 0.6) is 0 Å². The van der Waals surface area contributed by atoms with Gasteiger partial charge in [-0.1, -0.05) is 60.7 Å². The normalized spacial score (nSPS) is 21.6. The second-order valence-electron chi connectivity index (χ2n) is 13.1. The van der Waals surface area contributed by atoms with E-state index in [0.717, 1.165) is 11.1 Å². The lowest BCUT2D eigenvalue weighted by molar-refractivity contribution is -0.384. The molecule has 0 bridgehead atoms. The molecule has 0 saturated heterocycles.